The molecule has 7 heteroatoms. The van der Waals surface area contributed by atoms with Gasteiger partial charge in [0.25, 0.3) is 0 Å². The van der Waals surface area contributed by atoms with Crippen molar-refractivity contribution in [2.24, 2.45) is 11.8 Å². The van der Waals surface area contributed by atoms with Gasteiger partial charge in [-0.15, -0.1) is 0 Å². The number of nitrogens with zero attached hydrogens (tertiary/aromatic N) is 2. The molecule has 0 spiro atoms. The summed E-state index contributed by atoms with van der Waals surface area (Å²) in [5.74, 6) is 1.02. The summed E-state index contributed by atoms with van der Waals surface area (Å²) in [4.78, 5) is 14.5. The average Bonchev–Trinajstić information content (AvgIpc) is 3.28. The molecule has 0 aliphatic carbocycles. The minimum atomic E-state index is -0.0541. The van der Waals surface area contributed by atoms with Gasteiger partial charge in [0.05, 0.1) is 31.5 Å². The largest absolute Gasteiger partial charge is 0.496 e. The van der Waals surface area contributed by atoms with Gasteiger partial charge in [-0.25, -0.2) is 0 Å². The molecule has 3 rings (SSSR count). The van der Waals surface area contributed by atoms with Crippen LogP contribution in [0.2, 0.25) is 0 Å². The first-order chi connectivity index (χ1) is 12.7. The van der Waals surface area contributed by atoms with E-state index in [2.05, 4.69) is 20.4 Å². The van der Waals surface area contributed by atoms with E-state index in [1.807, 2.05) is 30.5 Å². The van der Waals surface area contributed by atoms with E-state index in [0.29, 0.717) is 13.2 Å². The minimum absolute atomic E-state index is 0.0541. The number of hydrogen-bond acceptors (Lipinski definition) is 5. The predicted octanol–water partition coefficient (Wildman–Crippen LogP) is 1.53. The summed E-state index contributed by atoms with van der Waals surface area (Å²) in [5, 5.41) is 10.1. The molecule has 1 aliphatic rings. The Balaban J connectivity index is 1.78. The SMILES string of the molecule is CNC(=O)[C@@H]1CN(Cc2cn[nH]c2-c2ccccc2OC)C[C@H]1COC. The molecule has 1 saturated heterocycles. The number of aromatic nitrogens is 2. The van der Waals surface area contributed by atoms with E-state index in [9.17, 15) is 4.79 Å². The van der Waals surface area contributed by atoms with Crippen LogP contribution in [0.1, 0.15) is 5.56 Å². The zero-order chi connectivity index (χ0) is 18.5. The molecule has 2 heterocycles. The van der Waals surface area contributed by atoms with Gasteiger partial charge in [0.15, 0.2) is 0 Å². The van der Waals surface area contributed by atoms with Gasteiger partial charge in [-0.1, -0.05) is 12.1 Å². The van der Waals surface area contributed by atoms with E-state index in [0.717, 1.165) is 35.7 Å². The smallest absolute Gasteiger partial charge is 0.224 e. The van der Waals surface area contributed by atoms with Gasteiger partial charge in [0.2, 0.25) is 5.91 Å². The zero-order valence-corrected chi connectivity index (χ0v) is 15.5. The fraction of sp³-hybridized carbons (Fsp3) is 0.474. The molecule has 0 bridgehead atoms. The van der Waals surface area contributed by atoms with Crippen LogP contribution in [0.15, 0.2) is 30.5 Å². The summed E-state index contributed by atoms with van der Waals surface area (Å²) in [6.45, 7) is 2.84. The zero-order valence-electron chi connectivity index (χ0n) is 15.5. The standard InChI is InChI=1S/C19H26N4O3/c1-20-19(24)16-11-23(10-14(16)12-25-2)9-13-8-21-22-18(13)15-6-4-5-7-17(15)26-3/h4-8,14,16H,9-12H2,1-3H3,(H,20,24)(H,21,22)/t14-,16+/m0/s1. The van der Waals surface area contributed by atoms with Crippen LogP contribution in [0.4, 0.5) is 0 Å². The van der Waals surface area contributed by atoms with Crippen LogP contribution >= 0.6 is 0 Å². The molecule has 1 amide bonds. The molecular formula is C19H26N4O3. The molecule has 2 aromatic rings. The van der Waals surface area contributed by atoms with Gasteiger partial charge in [-0.05, 0) is 12.1 Å². The van der Waals surface area contributed by atoms with Crippen molar-refractivity contribution in [2.75, 3.05) is 41.0 Å². The topological polar surface area (TPSA) is 79.5 Å². The molecule has 2 N–H and O–H groups in total. The van der Waals surface area contributed by atoms with Crippen molar-refractivity contribution >= 4 is 5.91 Å². The van der Waals surface area contributed by atoms with E-state index in [1.165, 1.54) is 0 Å². The molecule has 0 saturated carbocycles. The maximum Gasteiger partial charge on any atom is 0.224 e. The van der Waals surface area contributed by atoms with Crippen LogP contribution in [0.3, 0.4) is 0 Å². The number of likely N-dealkylation sites (tertiary alicyclic amines) is 1. The molecule has 26 heavy (non-hydrogen) atoms. The number of aromatic amines is 1. The summed E-state index contributed by atoms with van der Waals surface area (Å²) < 4.78 is 10.8. The Morgan fingerprint density at radius 2 is 2.15 bits per heavy atom. The lowest BCUT2D eigenvalue weighted by atomic mass is 9.96. The molecule has 0 radical (unpaired) electrons. The van der Waals surface area contributed by atoms with Crippen molar-refractivity contribution in [3.05, 3.63) is 36.0 Å². The molecule has 2 atom stereocenters. The number of carbonyl (C=O) groups is 1. The van der Waals surface area contributed by atoms with Crippen molar-refractivity contribution in [1.29, 1.82) is 0 Å². The van der Waals surface area contributed by atoms with Crippen LogP contribution in [-0.4, -0.2) is 62.0 Å². The van der Waals surface area contributed by atoms with Gasteiger partial charge in [-0.3, -0.25) is 14.8 Å². The molecule has 1 aliphatic heterocycles. The molecule has 1 fully saturated rings. The Morgan fingerprint density at radius 1 is 1.35 bits per heavy atom. The number of hydrogen-bond donors (Lipinski definition) is 2. The summed E-state index contributed by atoms with van der Waals surface area (Å²) in [6.07, 6.45) is 1.85. The Morgan fingerprint density at radius 3 is 2.88 bits per heavy atom. The number of benzene rings is 1. The normalized spacial score (nSPS) is 20.3. The quantitative estimate of drug-likeness (QED) is 0.785. The molecule has 7 nitrogen and oxygen atoms in total. The Hall–Kier alpha value is -2.38. The van der Waals surface area contributed by atoms with E-state index in [1.54, 1.807) is 21.3 Å². The molecule has 1 aromatic heterocycles. The van der Waals surface area contributed by atoms with E-state index >= 15 is 0 Å². The number of H-pyrrole nitrogens is 1. The van der Waals surface area contributed by atoms with Crippen molar-refractivity contribution in [3.63, 3.8) is 0 Å². The Bertz CT molecular complexity index is 746. The second-order valence-electron chi connectivity index (χ2n) is 6.60. The second kappa shape index (κ2) is 8.33. The number of ether oxygens (including phenoxy) is 2. The number of amides is 1. The maximum absolute atomic E-state index is 12.2. The monoisotopic (exact) mass is 358 g/mol. The van der Waals surface area contributed by atoms with Gasteiger partial charge < -0.3 is 14.8 Å². The number of rotatable bonds is 7. The molecule has 140 valence electrons. The fourth-order valence-corrected chi connectivity index (χ4v) is 3.71. The van der Waals surface area contributed by atoms with Gasteiger partial charge in [0.1, 0.15) is 5.75 Å². The molecule has 0 unspecified atom stereocenters. The summed E-state index contributed by atoms with van der Waals surface area (Å²) >= 11 is 0. The Labute approximate surface area is 153 Å². The van der Waals surface area contributed by atoms with Crippen molar-refractivity contribution in [2.45, 2.75) is 6.54 Å². The lowest BCUT2D eigenvalue weighted by molar-refractivity contribution is -0.125. The fourth-order valence-electron chi connectivity index (χ4n) is 3.71. The number of methoxy groups -OCH3 is 2. The molecule has 1 aromatic carbocycles. The van der Waals surface area contributed by atoms with E-state index < -0.39 is 0 Å². The van der Waals surface area contributed by atoms with Crippen LogP contribution in [0, 0.1) is 11.8 Å². The highest BCUT2D eigenvalue weighted by molar-refractivity contribution is 5.79. The van der Waals surface area contributed by atoms with E-state index in [-0.39, 0.29) is 17.7 Å². The lowest BCUT2D eigenvalue weighted by Gasteiger charge is -2.16. The van der Waals surface area contributed by atoms with E-state index in [4.69, 9.17) is 9.47 Å². The first-order valence-corrected chi connectivity index (χ1v) is 8.76. The number of carbonyl (C=O) groups excluding carboxylic acids is 1. The Kier molecular flexibility index (Phi) is 5.90. The summed E-state index contributed by atoms with van der Waals surface area (Å²) in [6, 6.07) is 7.88. The lowest BCUT2D eigenvalue weighted by Crippen LogP contribution is -2.34. The highest BCUT2D eigenvalue weighted by Crippen LogP contribution is 2.32. The summed E-state index contributed by atoms with van der Waals surface area (Å²) in [7, 11) is 5.03. The van der Waals surface area contributed by atoms with Gasteiger partial charge in [-0.2, -0.15) is 5.10 Å². The summed E-state index contributed by atoms with van der Waals surface area (Å²) in [5.41, 5.74) is 3.02. The molecular weight excluding hydrogens is 332 g/mol. The highest BCUT2D eigenvalue weighted by Gasteiger charge is 2.37. The van der Waals surface area contributed by atoms with Crippen LogP contribution in [-0.2, 0) is 16.1 Å². The minimum Gasteiger partial charge on any atom is -0.496 e. The van der Waals surface area contributed by atoms with Crippen LogP contribution in [0.25, 0.3) is 11.3 Å². The van der Waals surface area contributed by atoms with Crippen molar-refractivity contribution < 1.29 is 14.3 Å². The number of nitrogens with one attached hydrogen (secondary N) is 2. The van der Waals surface area contributed by atoms with Crippen LogP contribution < -0.4 is 10.1 Å². The van der Waals surface area contributed by atoms with Crippen molar-refractivity contribution in [3.8, 4) is 17.0 Å². The second-order valence-corrected chi connectivity index (χ2v) is 6.60. The van der Waals surface area contributed by atoms with Crippen molar-refractivity contribution in [1.82, 2.24) is 20.4 Å². The predicted molar refractivity (Wildman–Crippen MR) is 98.8 cm³/mol. The third kappa shape index (κ3) is 3.73. The van der Waals surface area contributed by atoms with Gasteiger partial charge in [0, 0.05) is 50.8 Å². The number of para-hydroxylation sites is 1. The first kappa shape index (κ1) is 18.4. The van der Waals surface area contributed by atoms with Crippen LogP contribution in [0.5, 0.6) is 5.75 Å². The highest BCUT2D eigenvalue weighted by atomic mass is 16.5. The third-order valence-electron chi connectivity index (χ3n) is 4.97. The maximum atomic E-state index is 12.2. The first-order valence-electron chi connectivity index (χ1n) is 8.76. The third-order valence-corrected chi connectivity index (χ3v) is 4.97. The average molecular weight is 358 g/mol. The van der Waals surface area contributed by atoms with Gasteiger partial charge >= 0.3 is 0 Å².